The number of fused-ring (bicyclic) bond motifs is 2. The zero-order chi connectivity index (χ0) is 27.1. The van der Waals surface area contributed by atoms with Gasteiger partial charge in [0.05, 0.1) is 23.1 Å². The third kappa shape index (κ3) is 4.46. The third-order valence-corrected chi connectivity index (χ3v) is 7.54. The van der Waals surface area contributed by atoms with Crippen LogP contribution in [0.1, 0.15) is 10.4 Å². The van der Waals surface area contributed by atoms with Crippen LogP contribution in [-0.4, -0.2) is 69.2 Å². The Kier molecular flexibility index (Phi) is 5.98. The van der Waals surface area contributed by atoms with E-state index >= 15 is 0 Å². The predicted molar refractivity (Wildman–Crippen MR) is 159 cm³/mol. The molecule has 0 radical (unpaired) electrons. The summed E-state index contributed by atoms with van der Waals surface area (Å²) in [5.41, 5.74) is 7.84. The molecule has 0 bridgehead atoms. The van der Waals surface area contributed by atoms with Crippen molar-refractivity contribution in [2.45, 2.75) is 0 Å². The Morgan fingerprint density at radius 3 is 2.60 bits per heavy atom. The van der Waals surface area contributed by atoms with E-state index in [-0.39, 0.29) is 5.91 Å². The molecule has 0 spiro atoms. The van der Waals surface area contributed by atoms with Gasteiger partial charge in [0.1, 0.15) is 11.3 Å². The highest BCUT2D eigenvalue weighted by atomic mass is 16.1. The lowest BCUT2D eigenvalue weighted by Gasteiger charge is -2.34. The van der Waals surface area contributed by atoms with Gasteiger partial charge in [0, 0.05) is 66.2 Å². The number of nitrogens with one attached hydrogen (secondary N) is 3. The summed E-state index contributed by atoms with van der Waals surface area (Å²) in [4.78, 5) is 29.9. The van der Waals surface area contributed by atoms with E-state index in [1.165, 1.54) is 5.69 Å². The Balaban J connectivity index is 1.21. The second-order valence-electron chi connectivity index (χ2n) is 10.2. The van der Waals surface area contributed by atoms with Crippen molar-refractivity contribution < 1.29 is 4.79 Å². The first-order valence-electron chi connectivity index (χ1n) is 13.3. The molecule has 1 fully saturated rings. The van der Waals surface area contributed by atoms with Crippen LogP contribution in [0.4, 0.5) is 11.4 Å². The second kappa shape index (κ2) is 9.94. The fourth-order valence-corrected chi connectivity index (χ4v) is 5.32. The lowest BCUT2D eigenvalue weighted by atomic mass is 10.0. The molecule has 3 N–H and O–H groups in total. The van der Waals surface area contributed by atoms with Crippen LogP contribution in [0, 0.1) is 0 Å². The SMILES string of the molecule is CN1CCN(c2ccnc3[nH]c(-c4n[nH]c5ccc(-c6cncc(NC(=O)c7ccccc7)c6)cc45)cc23)CC1. The first-order chi connectivity index (χ1) is 19.6. The van der Waals surface area contributed by atoms with Crippen molar-refractivity contribution in [2.75, 3.05) is 43.4 Å². The van der Waals surface area contributed by atoms with Crippen LogP contribution >= 0.6 is 0 Å². The molecule has 5 heterocycles. The topological polar surface area (TPSA) is 106 Å². The third-order valence-electron chi connectivity index (χ3n) is 7.54. The van der Waals surface area contributed by atoms with Gasteiger partial charge in [0.25, 0.3) is 5.91 Å². The van der Waals surface area contributed by atoms with Crippen LogP contribution in [0.5, 0.6) is 0 Å². The van der Waals surface area contributed by atoms with Gasteiger partial charge in [-0.2, -0.15) is 5.10 Å². The van der Waals surface area contributed by atoms with Crippen molar-refractivity contribution in [3.8, 4) is 22.5 Å². The average molecular weight is 529 g/mol. The van der Waals surface area contributed by atoms with Crippen LogP contribution < -0.4 is 10.2 Å². The molecule has 0 saturated carbocycles. The van der Waals surface area contributed by atoms with Gasteiger partial charge >= 0.3 is 0 Å². The van der Waals surface area contributed by atoms with E-state index in [4.69, 9.17) is 0 Å². The molecule has 4 aromatic heterocycles. The van der Waals surface area contributed by atoms with Crippen molar-refractivity contribution in [3.63, 3.8) is 0 Å². The molecule has 1 aliphatic heterocycles. The smallest absolute Gasteiger partial charge is 0.255 e. The Morgan fingerprint density at radius 1 is 0.900 bits per heavy atom. The second-order valence-corrected chi connectivity index (χ2v) is 10.2. The molecule has 0 aliphatic carbocycles. The number of carbonyl (C=O) groups is 1. The van der Waals surface area contributed by atoms with Crippen molar-refractivity contribution in [1.29, 1.82) is 0 Å². The average Bonchev–Trinajstić information content (AvgIpc) is 3.62. The number of rotatable bonds is 5. The molecule has 2 aromatic carbocycles. The van der Waals surface area contributed by atoms with Crippen molar-refractivity contribution in [1.82, 2.24) is 30.0 Å². The minimum absolute atomic E-state index is 0.171. The van der Waals surface area contributed by atoms with Crippen LogP contribution in [-0.2, 0) is 0 Å². The van der Waals surface area contributed by atoms with Gasteiger partial charge in [0.2, 0.25) is 0 Å². The summed E-state index contributed by atoms with van der Waals surface area (Å²) >= 11 is 0. The number of hydrogen-bond donors (Lipinski definition) is 3. The van der Waals surface area contributed by atoms with Gasteiger partial charge in [-0.3, -0.25) is 14.9 Å². The van der Waals surface area contributed by atoms with Crippen LogP contribution in [0.3, 0.4) is 0 Å². The van der Waals surface area contributed by atoms with Gasteiger partial charge in [-0.25, -0.2) is 4.98 Å². The summed E-state index contributed by atoms with van der Waals surface area (Å²) in [7, 11) is 2.16. The Bertz CT molecular complexity index is 1830. The number of aromatic nitrogens is 5. The summed E-state index contributed by atoms with van der Waals surface area (Å²) in [6.07, 6.45) is 5.32. The van der Waals surface area contributed by atoms with Gasteiger partial charge in [-0.15, -0.1) is 0 Å². The maximum absolute atomic E-state index is 12.7. The normalized spacial score (nSPS) is 14.2. The van der Waals surface area contributed by atoms with Crippen LogP contribution in [0.25, 0.3) is 44.5 Å². The number of amides is 1. The molecule has 1 saturated heterocycles. The predicted octanol–water partition coefficient (Wildman–Crippen LogP) is 5.17. The van der Waals surface area contributed by atoms with Crippen molar-refractivity contribution in [2.24, 2.45) is 0 Å². The van der Waals surface area contributed by atoms with E-state index in [1.807, 2.05) is 42.6 Å². The highest BCUT2D eigenvalue weighted by Crippen LogP contribution is 2.34. The highest BCUT2D eigenvalue weighted by molar-refractivity contribution is 6.04. The van der Waals surface area contributed by atoms with E-state index in [0.29, 0.717) is 11.3 Å². The van der Waals surface area contributed by atoms with Gasteiger partial charge in [0.15, 0.2) is 0 Å². The van der Waals surface area contributed by atoms with Crippen LogP contribution in [0.2, 0.25) is 0 Å². The van der Waals surface area contributed by atoms with Crippen molar-refractivity contribution in [3.05, 3.63) is 90.9 Å². The number of nitrogens with zero attached hydrogens (tertiary/aromatic N) is 5. The van der Waals surface area contributed by atoms with Gasteiger partial charge in [-0.05, 0) is 55.1 Å². The van der Waals surface area contributed by atoms with Gasteiger partial charge < -0.3 is 20.1 Å². The van der Waals surface area contributed by atoms with Gasteiger partial charge in [-0.1, -0.05) is 24.3 Å². The molecule has 0 unspecified atom stereocenters. The summed E-state index contributed by atoms with van der Waals surface area (Å²) in [5.74, 6) is -0.171. The minimum atomic E-state index is -0.171. The first-order valence-corrected chi connectivity index (χ1v) is 13.3. The fraction of sp³-hybridized carbons (Fsp3) is 0.161. The molecule has 40 heavy (non-hydrogen) atoms. The quantitative estimate of drug-likeness (QED) is 0.285. The summed E-state index contributed by atoms with van der Waals surface area (Å²) in [6.45, 7) is 4.06. The molecule has 0 atom stereocenters. The number of piperazine rings is 1. The molecule has 198 valence electrons. The molecule has 1 aliphatic rings. The molecule has 9 nitrogen and oxygen atoms in total. The van der Waals surface area contributed by atoms with E-state index in [9.17, 15) is 4.79 Å². The number of anilines is 2. The zero-order valence-electron chi connectivity index (χ0n) is 22.1. The van der Waals surface area contributed by atoms with Crippen LogP contribution in [0.15, 0.2) is 85.3 Å². The Hall–Kier alpha value is -5.02. The summed E-state index contributed by atoms with van der Waals surface area (Å²) in [5, 5.41) is 12.9. The molecule has 6 aromatic rings. The monoisotopic (exact) mass is 528 g/mol. The minimum Gasteiger partial charge on any atom is -0.368 e. The molecule has 1 amide bonds. The number of carbonyl (C=O) groups excluding carboxylic acids is 1. The summed E-state index contributed by atoms with van der Waals surface area (Å²) in [6, 6.07) is 21.5. The molecule has 9 heteroatoms. The number of benzene rings is 2. The van der Waals surface area contributed by atoms with E-state index < -0.39 is 0 Å². The number of pyridine rings is 2. The first kappa shape index (κ1) is 24.1. The van der Waals surface area contributed by atoms with E-state index in [2.05, 4.69) is 65.5 Å². The molecule has 7 rings (SSSR count). The number of aromatic amines is 2. The standard InChI is InChI=1S/C31H28N8O/c1-38-11-13-39(14-12-38)28-9-10-33-30-25(28)17-27(35-30)29-24-16-21(7-8-26(24)36-37-29)22-15-23(19-32-18-22)34-31(40)20-5-3-2-4-6-20/h2-10,15-19H,11-14H2,1H3,(H,33,35)(H,34,40)(H,36,37). The van der Waals surface area contributed by atoms with Crippen molar-refractivity contribution >= 4 is 39.2 Å². The molecular formula is C31H28N8O. The Labute approximate surface area is 230 Å². The number of H-pyrrole nitrogens is 2. The lowest BCUT2D eigenvalue weighted by Crippen LogP contribution is -2.44. The lowest BCUT2D eigenvalue weighted by molar-refractivity contribution is 0.102. The Morgan fingerprint density at radius 2 is 1.75 bits per heavy atom. The summed E-state index contributed by atoms with van der Waals surface area (Å²) < 4.78 is 0. The maximum atomic E-state index is 12.7. The zero-order valence-corrected chi connectivity index (χ0v) is 22.1. The van der Waals surface area contributed by atoms with E-state index in [0.717, 1.165) is 70.6 Å². The number of hydrogen-bond acceptors (Lipinski definition) is 6. The maximum Gasteiger partial charge on any atom is 0.255 e. The largest absolute Gasteiger partial charge is 0.368 e. The fourth-order valence-electron chi connectivity index (χ4n) is 5.32. The number of likely N-dealkylation sites (N-methyl/N-ethyl adjacent to an activating group) is 1. The van der Waals surface area contributed by atoms with E-state index in [1.54, 1.807) is 24.5 Å². The molecular weight excluding hydrogens is 500 g/mol. The highest BCUT2D eigenvalue weighted by Gasteiger charge is 2.19.